The van der Waals surface area contributed by atoms with Crippen LogP contribution in [-0.2, 0) is 0 Å². The van der Waals surface area contributed by atoms with Crippen LogP contribution in [0.2, 0.25) is 0 Å². The van der Waals surface area contributed by atoms with Gasteiger partial charge in [-0.05, 0) is 17.7 Å². The van der Waals surface area contributed by atoms with Gasteiger partial charge in [-0.25, -0.2) is 0 Å². The molecule has 0 atom stereocenters. The zero-order valence-electron chi connectivity index (χ0n) is 4.63. The van der Waals surface area contributed by atoms with Crippen LogP contribution in [-0.4, -0.2) is 17.9 Å². The smallest absolute Gasteiger partial charge is 0.163 e. The Labute approximate surface area is 48.6 Å². The summed E-state index contributed by atoms with van der Waals surface area (Å²) in [6.07, 6.45) is 1.43. The molecule has 0 unspecified atom stereocenters. The Morgan fingerprint density at radius 2 is 2.25 bits per heavy atom. The van der Waals surface area contributed by atoms with E-state index < -0.39 is 0 Å². The fraction of sp³-hybridized carbons (Fsp3) is 0. The van der Waals surface area contributed by atoms with Crippen molar-refractivity contribution in [3.05, 3.63) is 18.3 Å². The Hall–Kier alpha value is -0.985. The van der Waals surface area contributed by atoms with Crippen LogP contribution in [0.1, 0.15) is 0 Å². The summed E-state index contributed by atoms with van der Waals surface area (Å²) in [6.45, 7) is 0. The van der Waals surface area contributed by atoms with Crippen molar-refractivity contribution in [2.45, 2.75) is 0 Å². The first-order valence-electron chi connectivity index (χ1n) is 2.40. The first-order chi connectivity index (χ1) is 3.79. The molecular formula is C5H6BNO. The van der Waals surface area contributed by atoms with Crippen molar-refractivity contribution in [1.29, 1.82) is 0 Å². The second kappa shape index (κ2) is 1.86. The molecule has 0 aromatic carbocycles. The minimum Gasteiger partial charge on any atom is -0.506 e. The molecule has 2 nitrogen and oxygen atoms in total. The molecule has 0 saturated heterocycles. The second-order valence-corrected chi connectivity index (χ2v) is 1.66. The fourth-order valence-electron chi connectivity index (χ4n) is 0.460. The summed E-state index contributed by atoms with van der Waals surface area (Å²) >= 11 is 0. The lowest BCUT2D eigenvalue weighted by molar-refractivity contribution is 0.473. The van der Waals surface area contributed by atoms with Gasteiger partial charge in [-0.1, -0.05) is 0 Å². The summed E-state index contributed by atoms with van der Waals surface area (Å²) < 4.78 is 0. The predicted molar refractivity (Wildman–Crippen MR) is 34.1 cm³/mol. The maximum absolute atomic E-state index is 8.69. The first kappa shape index (κ1) is 5.16. The average Bonchev–Trinajstić information content (AvgIpc) is 1.77. The Morgan fingerprint density at radius 1 is 1.50 bits per heavy atom. The Morgan fingerprint density at radius 3 is 2.62 bits per heavy atom. The van der Waals surface area contributed by atoms with Gasteiger partial charge < -0.3 is 5.11 Å². The molecule has 1 aromatic heterocycles. The molecular weight excluding hydrogens is 101 g/mol. The molecule has 3 heteroatoms. The van der Waals surface area contributed by atoms with Crippen LogP contribution in [0.3, 0.4) is 0 Å². The molecule has 0 aliphatic heterocycles. The molecule has 1 N–H and O–H groups in total. The second-order valence-electron chi connectivity index (χ2n) is 1.66. The monoisotopic (exact) mass is 107 g/mol. The maximum atomic E-state index is 8.69. The Kier molecular flexibility index (Phi) is 1.20. The molecule has 8 heavy (non-hydrogen) atoms. The molecule has 1 aromatic rings. The summed E-state index contributed by atoms with van der Waals surface area (Å²) in [5.74, 6) is 0.218. The number of aromatic hydroxyl groups is 1. The number of rotatable bonds is 0. The molecule has 0 aliphatic carbocycles. The lowest BCUT2D eigenvalue weighted by atomic mass is 10.0. The van der Waals surface area contributed by atoms with Crippen molar-refractivity contribution in [2.75, 3.05) is 0 Å². The van der Waals surface area contributed by atoms with E-state index in [1.807, 2.05) is 7.85 Å². The molecule has 40 valence electrons. The molecule has 1 heterocycles. The predicted octanol–water partition coefficient (Wildman–Crippen LogP) is -0.954. The van der Waals surface area contributed by atoms with E-state index in [2.05, 4.69) is 4.98 Å². The highest BCUT2D eigenvalue weighted by Gasteiger charge is 1.83. The van der Waals surface area contributed by atoms with Crippen LogP contribution in [0.4, 0.5) is 0 Å². The van der Waals surface area contributed by atoms with Crippen LogP contribution in [0.25, 0.3) is 0 Å². The zero-order valence-corrected chi connectivity index (χ0v) is 4.63. The third kappa shape index (κ3) is 0.995. The van der Waals surface area contributed by atoms with E-state index in [4.69, 9.17) is 5.11 Å². The van der Waals surface area contributed by atoms with Crippen molar-refractivity contribution >= 4 is 13.4 Å². The first-order valence-corrected chi connectivity index (χ1v) is 2.40. The van der Waals surface area contributed by atoms with Crippen molar-refractivity contribution in [3.8, 4) is 5.75 Å². The lowest BCUT2D eigenvalue weighted by Crippen LogP contribution is -2.04. The quantitative estimate of drug-likeness (QED) is 0.433. The van der Waals surface area contributed by atoms with Gasteiger partial charge in [-0.3, -0.25) is 4.98 Å². The summed E-state index contributed by atoms with van der Waals surface area (Å²) in [5.41, 5.74) is 0.919. The summed E-state index contributed by atoms with van der Waals surface area (Å²) in [4.78, 5) is 3.83. The fourth-order valence-corrected chi connectivity index (χ4v) is 0.460. The molecule has 1 rings (SSSR count). The van der Waals surface area contributed by atoms with Gasteiger partial charge in [0.15, 0.2) is 7.85 Å². The van der Waals surface area contributed by atoms with E-state index in [0.717, 1.165) is 5.59 Å². The standard InChI is InChI=1S/C5H6BNO/c6-5-2-1-4(8)3-7-5/h1-3,8H,6H2. The molecule has 0 amide bonds. The molecule has 0 bridgehead atoms. The minimum absolute atomic E-state index is 0.218. The summed E-state index contributed by atoms with van der Waals surface area (Å²) in [5, 5.41) is 8.69. The van der Waals surface area contributed by atoms with E-state index in [1.54, 1.807) is 12.1 Å². The molecule has 0 saturated carbocycles. The van der Waals surface area contributed by atoms with Crippen LogP contribution in [0.15, 0.2) is 18.3 Å². The van der Waals surface area contributed by atoms with Gasteiger partial charge in [0, 0.05) is 0 Å². The Balaban J connectivity index is 3.03. The van der Waals surface area contributed by atoms with Gasteiger partial charge in [-0.15, -0.1) is 0 Å². The van der Waals surface area contributed by atoms with Gasteiger partial charge in [0.25, 0.3) is 0 Å². The highest BCUT2D eigenvalue weighted by atomic mass is 16.3. The normalized spacial score (nSPS) is 9.00. The van der Waals surface area contributed by atoms with Gasteiger partial charge in [0.05, 0.1) is 6.20 Å². The van der Waals surface area contributed by atoms with Crippen molar-refractivity contribution in [3.63, 3.8) is 0 Å². The van der Waals surface area contributed by atoms with Gasteiger partial charge in [-0.2, -0.15) is 0 Å². The van der Waals surface area contributed by atoms with Crippen LogP contribution < -0.4 is 5.59 Å². The van der Waals surface area contributed by atoms with E-state index in [1.165, 1.54) is 6.20 Å². The van der Waals surface area contributed by atoms with Crippen LogP contribution >= 0.6 is 0 Å². The number of nitrogens with zero attached hydrogens (tertiary/aromatic N) is 1. The lowest BCUT2D eigenvalue weighted by Gasteiger charge is -1.88. The van der Waals surface area contributed by atoms with E-state index in [-0.39, 0.29) is 5.75 Å². The van der Waals surface area contributed by atoms with Crippen molar-refractivity contribution in [2.24, 2.45) is 0 Å². The van der Waals surface area contributed by atoms with E-state index in [0.29, 0.717) is 0 Å². The minimum atomic E-state index is 0.218. The van der Waals surface area contributed by atoms with Crippen molar-refractivity contribution < 1.29 is 5.11 Å². The molecule has 0 fully saturated rings. The number of aromatic nitrogens is 1. The SMILES string of the molecule is Bc1ccc(O)cn1. The summed E-state index contributed by atoms with van der Waals surface area (Å²) in [7, 11) is 1.87. The number of pyridine rings is 1. The maximum Gasteiger partial charge on any atom is 0.163 e. The zero-order chi connectivity index (χ0) is 5.98. The van der Waals surface area contributed by atoms with Crippen molar-refractivity contribution in [1.82, 2.24) is 4.98 Å². The third-order valence-corrected chi connectivity index (χ3v) is 0.896. The summed E-state index contributed by atoms with van der Waals surface area (Å²) in [6, 6.07) is 3.37. The topological polar surface area (TPSA) is 33.1 Å². The van der Waals surface area contributed by atoms with E-state index >= 15 is 0 Å². The van der Waals surface area contributed by atoms with Crippen LogP contribution in [0.5, 0.6) is 5.75 Å². The highest BCUT2D eigenvalue weighted by molar-refractivity contribution is 6.30. The largest absolute Gasteiger partial charge is 0.506 e. The van der Waals surface area contributed by atoms with Gasteiger partial charge in [0.2, 0.25) is 0 Å². The Bertz CT molecular complexity index is 151. The number of hydrogen-bond donors (Lipinski definition) is 1. The molecule has 0 spiro atoms. The van der Waals surface area contributed by atoms with E-state index in [9.17, 15) is 0 Å². The van der Waals surface area contributed by atoms with Gasteiger partial charge in [0.1, 0.15) is 5.75 Å². The molecule has 0 aliphatic rings. The average molecular weight is 107 g/mol. The highest BCUT2D eigenvalue weighted by Crippen LogP contribution is 1.98. The third-order valence-electron chi connectivity index (χ3n) is 0.896. The molecule has 0 radical (unpaired) electrons. The van der Waals surface area contributed by atoms with Crippen LogP contribution in [0, 0.1) is 0 Å². The number of hydrogen-bond acceptors (Lipinski definition) is 2. The van der Waals surface area contributed by atoms with Gasteiger partial charge >= 0.3 is 0 Å².